The van der Waals surface area contributed by atoms with Crippen molar-refractivity contribution in [3.63, 3.8) is 0 Å². The van der Waals surface area contributed by atoms with Crippen LogP contribution in [0, 0.1) is 17.0 Å². The van der Waals surface area contributed by atoms with E-state index in [0.717, 1.165) is 19.4 Å². The molecule has 0 aliphatic carbocycles. The molecule has 1 N–H and O–H groups in total. The number of nitrogens with zero attached hydrogens (tertiary/aromatic N) is 2. The van der Waals surface area contributed by atoms with Gasteiger partial charge in [-0.25, -0.2) is 4.98 Å². The van der Waals surface area contributed by atoms with E-state index in [-0.39, 0.29) is 11.7 Å². The molecule has 0 amide bonds. The van der Waals surface area contributed by atoms with Gasteiger partial charge in [-0.15, -0.1) is 0 Å². The maximum Gasteiger partial charge on any atom is 0.290 e. The molecule has 1 atom stereocenters. The summed E-state index contributed by atoms with van der Waals surface area (Å²) < 4.78 is 5.35. The fourth-order valence-corrected chi connectivity index (χ4v) is 1.88. The number of aryl methyl sites for hydroxylation is 1. The zero-order valence-corrected chi connectivity index (χ0v) is 9.68. The van der Waals surface area contributed by atoms with Gasteiger partial charge < -0.3 is 10.1 Å². The molecule has 1 saturated heterocycles. The highest BCUT2D eigenvalue weighted by Gasteiger charge is 2.16. The van der Waals surface area contributed by atoms with Crippen molar-refractivity contribution in [1.82, 2.24) is 4.98 Å². The van der Waals surface area contributed by atoms with Gasteiger partial charge in [0.1, 0.15) is 12.0 Å². The van der Waals surface area contributed by atoms with Crippen molar-refractivity contribution in [2.24, 2.45) is 0 Å². The van der Waals surface area contributed by atoms with Gasteiger partial charge in [0.2, 0.25) is 0 Å². The van der Waals surface area contributed by atoms with Crippen molar-refractivity contribution in [3.05, 3.63) is 27.9 Å². The summed E-state index contributed by atoms with van der Waals surface area (Å²) in [6, 6.07) is 1.95. The monoisotopic (exact) mass is 237 g/mol. The average molecular weight is 237 g/mol. The van der Waals surface area contributed by atoms with Crippen molar-refractivity contribution < 1.29 is 9.66 Å². The molecule has 1 aromatic heterocycles. The largest absolute Gasteiger partial charge is 0.379 e. The molecular formula is C11H15N3O3. The highest BCUT2D eigenvalue weighted by Crippen LogP contribution is 2.20. The summed E-state index contributed by atoms with van der Waals surface area (Å²) >= 11 is 0. The maximum absolute atomic E-state index is 10.6. The second-order valence-electron chi connectivity index (χ2n) is 4.17. The molecule has 0 bridgehead atoms. The number of nitrogens with one attached hydrogen (secondary N) is 1. The van der Waals surface area contributed by atoms with Crippen LogP contribution in [0.1, 0.15) is 18.4 Å². The van der Waals surface area contributed by atoms with Crippen molar-refractivity contribution in [2.75, 3.05) is 18.5 Å². The Hall–Kier alpha value is -1.69. The van der Waals surface area contributed by atoms with Gasteiger partial charge >= 0.3 is 0 Å². The highest BCUT2D eigenvalue weighted by atomic mass is 16.6. The summed E-state index contributed by atoms with van der Waals surface area (Å²) in [6.07, 6.45) is 3.36. The van der Waals surface area contributed by atoms with Crippen LogP contribution in [-0.4, -0.2) is 29.2 Å². The Morgan fingerprint density at radius 3 is 3.06 bits per heavy atom. The van der Waals surface area contributed by atoms with E-state index in [1.165, 1.54) is 6.20 Å². The lowest BCUT2D eigenvalue weighted by molar-refractivity contribution is -0.385. The fourth-order valence-electron chi connectivity index (χ4n) is 1.88. The van der Waals surface area contributed by atoms with E-state index in [2.05, 4.69) is 10.3 Å². The Balaban J connectivity index is 2.06. The third-order valence-electron chi connectivity index (χ3n) is 2.79. The molecule has 1 fully saturated rings. The fraction of sp³-hybridized carbons (Fsp3) is 0.545. The first-order chi connectivity index (χ1) is 8.16. The molecule has 0 radical (unpaired) electrons. The minimum Gasteiger partial charge on any atom is -0.379 e. The van der Waals surface area contributed by atoms with Crippen LogP contribution in [-0.2, 0) is 4.74 Å². The predicted molar refractivity (Wildman–Crippen MR) is 63.1 cm³/mol. The molecule has 6 nitrogen and oxygen atoms in total. The predicted octanol–water partition coefficient (Wildman–Crippen LogP) is 1.89. The Morgan fingerprint density at radius 1 is 1.65 bits per heavy atom. The summed E-state index contributed by atoms with van der Waals surface area (Å²) in [6.45, 7) is 3.19. The van der Waals surface area contributed by atoms with Crippen LogP contribution in [0.5, 0.6) is 0 Å². The molecule has 2 heterocycles. The lowest BCUT2D eigenvalue weighted by atomic mass is 10.1. The third-order valence-corrected chi connectivity index (χ3v) is 2.79. The molecule has 92 valence electrons. The third kappa shape index (κ3) is 2.91. The van der Waals surface area contributed by atoms with E-state index in [0.29, 0.717) is 18.0 Å². The summed E-state index contributed by atoms with van der Waals surface area (Å²) in [5, 5.41) is 13.9. The Kier molecular flexibility index (Phi) is 3.53. The number of ether oxygens (including phenoxy) is 1. The first-order valence-electron chi connectivity index (χ1n) is 5.62. The Bertz CT molecular complexity index is 416. The molecule has 1 aromatic rings. The van der Waals surface area contributed by atoms with Crippen molar-refractivity contribution in [3.8, 4) is 0 Å². The lowest BCUT2D eigenvalue weighted by Gasteiger charge is -2.23. The molecule has 1 aliphatic rings. The van der Waals surface area contributed by atoms with Crippen LogP contribution < -0.4 is 5.32 Å². The van der Waals surface area contributed by atoms with Crippen LogP contribution in [0.25, 0.3) is 0 Å². The molecule has 0 spiro atoms. The van der Waals surface area contributed by atoms with Crippen LogP contribution in [0.4, 0.5) is 11.5 Å². The number of nitro groups is 1. The minimum absolute atomic E-state index is 0.0513. The van der Waals surface area contributed by atoms with Gasteiger partial charge in [0.25, 0.3) is 5.69 Å². The van der Waals surface area contributed by atoms with E-state index in [9.17, 15) is 10.1 Å². The van der Waals surface area contributed by atoms with Crippen molar-refractivity contribution in [2.45, 2.75) is 25.8 Å². The van der Waals surface area contributed by atoms with Crippen molar-refractivity contribution in [1.29, 1.82) is 0 Å². The van der Waals surface area contributed by atoms with Gasteiger partial charge in [-0.05, 0) is 25.8 Å². The van der Waals surface area contributed by atoms with E-state index >= 15 is 0 Å². The number of hydrogen-bond acceptors (Lipinski definition) is 5. The minimum atomic E-state index is -0.421. The summed E-state index contributed by atoms with van der Waals surface area (Å²) in [5.41, 5.74) is 0.666. The normalized spacial score (nSPS) is 19.9. The number of aromatic nitrogens is 1. The molecule has 6 heteroatoms. The lowest BCUT2D eigenvalue weighted by Crippen LogP contribution is -2.30. The Morgan fingerprint density at radius 2 is 2.47 bits per heavy atom. The zero-order chi connectivity index (χ0) is 12.3. The van der Waals surface area contributed by atoms with Gasteiger partial charge in [-0.2, -0.15) is 0 Å². The Labute approximate surface area is 99.2 Å². The second kappa shape index (κ2) is 5.09. The average Bonchev–Trinajstić information content (AvgIpc) is 2.30. The number of anilines is 1. The van der Waals surface area contributed by atoms with Gasteiger partial charge in [0.15, 0.2) is 0 Å². The molecule has 1 aliphatic heterocycles. The molecular weight excluding hydrogens is 222 g/mol. The molecule has 17 heavy (non-hydrogen) atoms. The summed E-state index contributed by atoms with van der Waals surface area (Å²) in [7, 11) is 0. The van der Waals surface area contributed by atoms with Crippen molar-refractivity contribution >= 4 is 11.5 Å². The quantitative estimate of drug-likeness (QED) is 0.641. The van der Waals surface area contributed by atoms with E-state index in [1.807, 2.05) is 0 Å². The van der Waals surface area contributed by atoms with E-state index < -0.39 is 4.92 Å². The van der Waals surface area contributed by atoms with Crippen LogP contribution >= 0.6 is 0 Å². The van der Waals surface area contributed by atoms with E-state index in [1.54, 1.807) is 13.0 Å². The SMILES string of the molecule is Cc1cc(NC2CCCOC2)ncc1[N+](=O)[O-]. The maximum atomic E-state index is 10.6. The topological polar surface area (TPSA) is 77.3 Å². The van der Waals surface area contributed by atoms with Gasteiger partial charge in [-0.1, -0.05) is 0 Å². The zero-order valence-electron chi connectivity index (χ0n) is 9.68. The molecule has 2 rings (SSSR count). The first kappa shape index (κ1) is 11.8. The van der Waals surface area contributed by atoms with Gasteiger partial charge in [0, 0.05) is 12.2 Å². The first-order valence-corrected chi connectivity index (χ1v) is 5.62. The molecule has 0 saturated carbocycles. The highest BCUT2D eigenvalue weighted by molar-refractivity contribution is 5.47. The summed E-state index contributed by atoms with van der Waals surface area (Å²) in [5.74, 6) is 0.670. The van der Waals surface area contributed by atoms with Gasteiger partial charge in [-0.3, -0.25) is 10.1 Å². The molecule has 0 aromatic carbocycles. The smallest absolute Gasteiger partial charge is 0.290 e. The summed E-state index contributed by atoms with van der Waals surface area (Å²) in [4.78, 5) is 14.3. The molecule has 1 unspecified atom stereocenters. The number of pyridine rings is 1. The number of rotatable bonds is 3. The second-order valence-corrected chi connectivity index (χ2v) is 4.17. The van der Waals surface area contributed by atoms with Crippen LogP contribution in [0.3, 0.4) is 0 Å². The van der Waals surface area contributed by atoms with E-state index in [4.69, 9.17) is 4.74 Å². The number of hydrogen-bond donors (Lipinski definition) is 1. The van der Waals surface area contributed by atoms with Gasteiger partial charge in [0.05, 0.1) is 17.6 Å². The van der Waals surface area contributed by atoms with Crippen LogP contribution in [0.2, 0.25) is 0 Å². The standard InChI is InChI=1S/C11H15N3O3/c1-8-5-11(12-6-10(8)14(15)16)13-9-3-2-4-17-7-9/h5-6,9H,2-4,7H2,1H3,(H,12,13). The van der Waals surface area contributed by atoms with Crippen LogP contribution in [0.15, 0.2) is 12.3 Å².